The summed E-state index contributed by atoms with van der Waals surface area (Å²) in [5.74, 6) is 0.461. The molecule has 0 fully saturated rings. The lowest BCUT2D eigenvalue weighted by Gasteiger charge is -2.13. The average Bonchev–Trinajstić information content (AvgIpc) is 2.25. The molecule has 1 aromatic rings. The first-order valence-electron chi connectivity index (χ1n) is 4.88. The summed E-state index contributed by atoms with van der Waals surface area (Å²) in [4.78, 5) is 12.1. The van der Waals surface area contributed by atoms with Crippen LogP contribution in [0.1, 0.15) is 13.3 Å². The molecule has 16 heavy (non-hydrogen) atoms. The lowest BCUT2D eigenvalue weighted by atomic mass is 10.3. The number of amides is 1. The van der Waals surface area contributed by atoms with Crippen LogP contribution in [-0.2, 0) is 4.79 Å². The van der Waals surface area contributed by atoms with Gasteiger partial charge in [-0.05, 0) is 24.6 Å². The van der Waals surface area contributed by atoms with Crippen LogP contribution in [0, 0.1) is 0 Å². The second kappa shape index (κ2) is 6.15. The number of ether oxygens (including phenoxy) is 1. The number of rotatable bonds is 5. The van der Waals surface area contributed by atoms with Gasteiger partial charge in [0.05, 0.1) is 17.3 Å². The largest absolute Gasteiger partial charge is 0.496 e. The number of hydrogen-bond donors (Lipinski definition) is 1. The Labute approximate surface area is 108 Å². The second-order valence-corrected chi connectivity index (χ2v) is 5.37. The number of hydrogen-bond acceptors (Lipinski definition) is 3. The van der Waals surface area contributed by atoms with Gasteiger partial charge in [0.15, 0.2) is 0 Å². The molecule has 1 amide bonds. The van der Waals surface area contributed by atoms with E-state index in [1.165, 1.54) is 11.8 Å². The van der Waals surface area contributed by atoms with Crippen molar-refractivity contribution in [1.29, 1.82) is 0 Å². The number of carbonyl (C=O) groups excluding carboxylic acids is 1. The Kier molecular flexibility index (Phi) is 5.15. The molecule has 5 heteroatoms. The smallest absolute Gasteiger partial charge is 0.230 e. The third-order valence-corrected chi connectivity index (χ3v) is 4.00. The van der Waals surface area contributed by atoms with Gasteiger partial charge in [0, 0.05) is 4.47 Å². The van der Waals surface area contributed by atoms with Gasteiger partial charge in [-0.25, -0.2) is 0 Å². The fraction of sp³-hybridized carbons (Fsp3) is 0.364. The van der Waals surface area contributed by atoms with Gasteiger partial charge in [-0.1, -0.05) is 22.9 Å². The first-order chi connectivity index (χ1) is 7.58. The van der Waals surface area contributed by atoms with Crippen molar-refractivity contribution in [2.75, 3.05) is 7.11 Å². The van der Waals surface area contributed by atoms with E-state index < -0.39 is 0 Å². The molecule has 0 heterocycles. The Morgan fingerprint density at radius 2 is 2.31 bits per heavy atom. The van der Waals surface area contributed by atoms with Crippen LogP contribution < -0.4 is 10.5 Å². The number of methoxy groups -OCH3 is 1. The van der Waals surface area contributed by atoms with Crippen molar-refractivity contribution in [3.63, 3.8) is 0 Å². The molecule has 0 aliphatic carbocycles. The number of nitrogens with two attached hydrogens (primary N) is 1. The fourth-order valence-corrected chi connectivity index (χ4v) is 2.80. The quantitative estimate of drug-likeness (QED) is 0.851. The molecule has 0 aromatic heterocycles. The van der Waals surface area contributed by atoms with E-state index in [0.717, 1.165) is 15.1 Å². The summed E-state index contributed by atoms with van der Waals surface area (Å²) < 4.78 is 6.19. The van der Waals surface area contributed by atoms with Crippen LogP contribution >= 0.6 is 27.7 Å². The number of benzene rings is 1. The van der Waals surface area contributed by atoms with Crippen LogP contribution in [0.2, 0.25) is 0 Å². The standard InChI is InChI=1S/C11H14BrNO2S/c1-3-9(11(13)14)16-10-6-7(12)4-5-8(10)15-2/h4-6,9H,3H2,1-2H3,(H2,13,14)/t9-/m0/s1. The molecule has 1 atom stereocenters. The van der Waals surface area contributed by atoms with Gasteiger partial charge < -0.3 is 10.5 Å². The topological polar surface area (TPSA) is 52.3 Å². The molecule has 0 spiro atoms. The first-order valence-corrected chi connectivity index (χ1v) is 6.55. The molecule has 3 nitrogen and oxygen atoms in total. The number of primary amides is 1. The maximum Gasteiger partial charge on any atom is 0.230 e. The Balaban J connectivity index is 2.93. The van der Waals surface area contributed by atoms with Gasteiger partial charge in [0.25, 0.3) is 0 Å². The van der Waals surface area contributed by atoms with Crippen molar-refractivity contribution in [3.8, 4) is 5.75 Å². The third-order valence-electron chi connectivity index (χ3n) is 2.08. The third kappa shape index (κ3) is 3.42. The molecule has 0 radical (unpaired) electrons. The molecule has 2 N–H and O–H groups in total. The Hall–Kier alpha value is -0.680. The Bertz CT molecular complexity index is 384. The van der Waals surface area contributed by atoms with Crippen LogP contribution in [0.4, 0.5) is 0 Å². The summed E-state index contributed by atoms with van der Waals surface area (Å²) in [5.41, 5.74) is 5.31. The van der Waals surface area contributed by atoms with Gasteiger partial charge in [0.2, 0.25) is 5.91 Å². The minimum Gasteiger partial charge on any atom is -0.496 e. The van der Waals surface area contributed by atoms with Crippen molar-refractivity contribution < 1.29 is 9.53 Å². The number of thioether (sulfide) groups is 1. The van der Waals surface area contributed by atoms with Gasteiger partial charge in [-0.15, -0.1) is 11.8 Å². The highest BCUT2D eigenvalue weighted by Crippen LogP contribution is 2.35. The maximum atomic E-state index is 11.2. The zero-order valence-corrected chi connectivity index (χ0v) is 11.6. The van der Waals surface area contributed by atoms with Crippen molar-refractivity contribution in [2.45, 2.75) is 23.5 Å². The predicted octanol–water partition coefficient (Wildman–Crippen LogP) is 2.81. The Morgan fingerprint density at radius 1 is 1.62 bits per heavy atom. The van der Waals surface area contributed by atoms with E-state index in [1.807, 2.05) is 25.1 Å². The summed E-state index contributed by atoms with van der Waals surface area (Å²) in [6, 6.07) is 5.68. The zero-order valence-electron chi connectivity index (χ0n) is 9.20. The van der Waals surface area contributed by atoms with Gasteiger partial charge in [-0.2, -0.15) is 0 Å². The SMILES string of the molecule is CC[C@H](Sc1cc(Br)ccc1OC)C(N)=O. The normalized spacial score (nSPS) is 12.2. The monoisotopic (exact) mass is 303 g/mol. The average molecular weight is 304 g/mol. The van der Waals surface area contributed by atoms with Gasteiger partial charge >= 0.3 is 0 Å². The lowest BCUT2D eigenvalue weighted by molar-refractivity contribution is -0.117. The van der Waals surface area contributed by atoms with E-state index in [9.17, 15) is 4.79 Å². The molecule has 0 saturated heterocycles. The van der Waals surface area contributed by atoms with Crippen molar-refractivity contribution in [3.05, 3.63) is 22.7 Å². The second-order valence-electron chi connectivity index (χ2n) is 3.21. The van der Waals surface area contributed by atoms with Gasteiger partial charge in [-0.3, -0.25) is 4.79 Å². The highest BCUT2D eigenvalue weighted by molar-refractivity contribution is 9.10. The van der Waals surface area contributed by atoms with Crippen LogP contribution in [0.3, 0.4) is 0 Å². The van der Waals surface area contributed by atoms with E-state index >= 15 is 0 Å². The van der Waals surface area contributed by atoms with Crippen LogP contribution in [0.15, 0.2) is 27.6 Å². The van der Waals surface area contributed by atoms with Crippen molar-refractivity contribution in [1.82, 2.24) is 0 Å². The summed E-state index contributed by atoms with van der Waals surface area (Å²) in [5, 5.41) is -0.219. The van der Waals surface area contributed by atoms with E-state index in [0.29, 0.717) is 6.42 Å². The van der Waals surface area contributed by atoms with Crippen LogP contribution in [-0.4, -0.2) is 18.3 Å². The molecule has 0 saturated carbocycles. The molecular weight excluding hydrogens is 290 g/mol. The van der Waals surface area contributed by atoms with Crippen LogP contribution in [0.5, 0.6) is 5.75 Å². The molecule has 0 unspecified atom stereocenters. The molecule has 0 aliphatic rings. The molecule has 1 aromatic carbocycles. The zero-order chi connectivity index (χ0) is 12.1. The minimum absolute atomic E-state index is 0.219. The van der Waals surface area contributed by atoms with E-state index in [4.69, 9.17) is 10.5 Å². The highest BCUT2D eigenvalue weighted by atomic mass is 79.9. The Morgan fingerprint density at radius 3 is 2.81 bits per heavy atom. The highest BCUT2D eigenvalue weighted by Gasteiger charge is 2.16. The molecule has 0 bridgehead atoms. The van der Waals surface area contributed by atoms with E-state index in [2.05, 4.69) is 15.9 Å². The van der Waals surface area contributed by atoms with E-state index in [-0.39, 0.29) is 11.2 Å². The van der Waals surface area contributed by atoms with Crippen molar-refractivity contribution >= 4 is 33.6 Å². The van der Waals surface area contributed by atoms with E-state index in [1.54, 1.807) is 7.11 Å². The summed E-state index contributed by atoms with van der Waals surface area (Å²) in [6.45, 7) is 1.94. The van der Waals surface area contributed by atoms with Crippen molar-refractivity contribution in [2.24, 2.45) is 5.73 Å². The van der Waals surface area contributed by atoms with Gasteiger partial charge in [0.1, 0.15) is 5.75 Å². The molecule has 1 rings (SSSR count). The minimum atomic E-state index is -0.297. The number of carbonyl (C=O) groups is 1. The molecular formula is C11H14BrNO2S. The lowest BCUT2D eigenvalue weighted by Crippen LogP contribution is -2.24. The molecule has 0 aliphatic heterocycles. The maximum absolute atomic E-state index is 11.2. The molecule has 88 valence electrons. The number of halogens is 1. The summed E-state index contributed by atoms with van der Waals surface area (Å²) in [7, 11) is 1.61. The fourth-order valence-electron chi connectivity index (χ4n) is 1.24. The summed E-state index contributed by atoms with van der Waals surface area (Å²) in [6.07, 6.45) is 0.704. The van der Waals surface area contributed by atoms with Crippen LogP contribution in [0.25, 0.3) is 0 Å². The first kappa shape index (κ1) is 13.4. The predicted molar refractivity (Wildman–Crippen MR) is 69.8 cm³/mol. The summed E-state index contributed by atoms with van der Waals surface area (Å²) >= 11 is 4.82.